The van der Waals surface area contributed by atoms with E-state index in [2.05, 4.69) is 29.0 Å². The third-order valence-electron chi connectivity index (χ3n) is 5.93. The van der Waals surface area contributed by atoms with E-state index in [1.54, 1.807) is 20.2 Å². The molecule has 0 aliphatic carbocycles. The molecule has 3 rings (SSSR count). The van der Waals surface area contributed by atoms with Crippen LogP contribution in [0.1, 0.15) is 44.2 Å². The number of rotatable bonds is 12. The summed E-state index contributed by atoms with van der Waals surface area (Å²) in [6.45, 7) is 7.61. The molecular weight excluding hydrogens is 474 g/mol. The van der Waals surface area contributed by atoms with Gasteiger partial charge in [0.25, 0.3) is 5.69 Å². The zero-order valence-electron chi connectivity index (χ0n) is 20.7. The summed E-state index contributed by atoms with van der Waals surface area (Å²) in [5, 5.41) is 19.0. The number of anilines is 1. The van der Waals surface area contributed by atoms with Crippen LogP contribution < -0.4 is 10.0 Å². The van der Waals surface area contributed by atoms with Crippen molar-refractivity contribution >= 4 is 21.4 Å². The summed E-state index contributed by atoms with van der Waals surface area (Å²) >= 11 is 0. The SMILES string of the molecule is COCC1(CNS(=O)(=O)c2cc(NCc3cnn(CC(C)C)c3)c([N+](=O)[O-])cc2C)CCCCO1. The van der Waals surface area contributed by atoms with Crippen LogP contribution in [0.25, 0.3) is 0 Å². The van der Waals surface area contributed by atoms with Crippen LogP contribution in [0.4, 0.5) is 11.4 Å². The smallest absolute Gasteiger partial charge is 0.292 e. The maximum atomic E-state index is 13.2. The molecule has 0 radical (unpaired) electrons. The number of hydrogen-bond donors (Lipinski definition) is 2. The number of benzene rings is 1. The predicted molar refractivity (Wildman–Crippen MR) is 132 cm³/mol. The van der Waals surface area contributed by atoms with E-state index in [0.717, 1.165) is 24.9 Å². The molecule has 0 amide bonds. The van der Waals surface area contributed by atoms with Gasteiger partial charge in [-0.05, 0) is 43.7 Å². The summed E-state index contributed by atoms with van der Waals surface area (Å²) in [4.78, 5) is 11.1. The first-order valence-electron chi connectivity index (χ1n) is 11.7. The van der Waals surface area contributed by atoms with Crippen molar-refractivity contribution < 1.29 is 22.8 Å². The van der Waals surface area contributed by atoms with Gasteiger partial charge in [-0.25, -0.2) is 13.1 Å². The standard InChI is InChI=1S/C23H35N5O6S/c1-17(2)13-27-14-19(12-25-27)11-24-20-10-22(18(3)9-21(20)28(29)30)35(31,32)26-15-23(16-33-4)7-5-6-8-34-23/h9-10,12,14,17,24,26H,5-8,11,13,15-16H2,1-4H3. The number of ether oxygens (including phenoxy) is 2. The van der Waals surface area contributed by atoms with Gasteiger partial charge in [-0.1, -0.05) is 13.8 Å². The number of aryl methyl sites for hydroxylation is 1. The molecule has 1 fully saturated rings. The third-order valence-corrected chi connectivity index (χ3v) is 7.47. The van der Waals surface area contributed by atoms with E-state index in [4.69, 9.17) is 9.47 Å². The van der Waals surface area contributed by atoms with Crippen LogP contribution in [0.5, 0.6) is 0 Å². The molecule has 1 aromatic carbocycles. The molecule has 1 aromatic heterocycles. The van der Waals surface area contributed by atoms with E-state index in [-0.39, 0.29) is 41.5 Å². The first kappa shape index (κ1) is 27.1. The zero-order chi connectivity index (χ0) is 25.6. The highest BCUT2D eigenvalue weighted by molar-refractivity contribution is 7.89. The topological polar surface area (TPSA) is 138 Å². The van der Waals surface area contributed by atoms with Gasteiger partial charge in [-0.3, -0.25) is 14.8 Å². The summed E-state index contributed by atoms with van der Waals surface area (Å²) in [5.41, 5.74) is 0.316. The normalized spacial score (nSPS) is 18.7. The predicted octanol–water partition coefficient (Wildman–Crippen LogP) is 3.23. The summed E-state index contributed by atoms with van der Waals surface area (Å²) in [6.07, 6.45) is 6.08. The van der Waals surface area contributed by atoms with E-state index < -0.39 is 20.5 Å². The Labute approximate surface area is 206 Å². The first-order valence-corrected chi connectivity index (χ1v) is 13.2. The molecule has 0 spiro atoms. The molecular formula is C23H35N5O6S. The Morgan fingerprint density at radius 3 is 2.74 bits per heavy atom. The lowest BCUT2D eigenvalue weighted by Gasteiger charge is -2.36. The number of methoxy groups -OCH3 is 1. The van der Waals surface area contributed by atoms with Gasteiger partial charge in [0.05, 0.1) is 22.6 Å². The van der Waals surface area contributed by atoms with Crippen molar-refractivity contribution in [2.45, 2.75) is 63.6 Å². The summed E-state index contributed by atoms with van der Waals surface area (Å²) in [5.74, 6) is 0.427. The van der Waals surface area contributed by atoms with E-state index in [0.29, 0.717) is 18.9 Å². The van der Waals surface area contributed by atoms with Gasteiger partial charge in [0.2, 0.25) is 10.0 Å². The Morgan fingerprint density at radius 1 is 1.34 bits per heavy atom. The Balaban J connectivity index is 1.81. The lowest BCUT2D eigenvalue weighted by atomic mass is 9.95. The Morgan fingerprint density at radius 2 is 2.11 bits per heavy atom. The van der Waals surface area contributed by atoms with Crippen molar-refractivity contribution in [2.75, 3.05) is 32.2 Å². The number of nitro groups is 1. The van der Waals surface area contributed by atoms with Crippen LogP contribution in [0, 0.1) is 23.0 Å². The van der Waals surface area contributed by atoms with E-state index in [1.807, 2.05) is 10.9 Å². The average molecular weight is 510 g/mol. The van der Waals surface area contributed by atoms with Gasteiger partial charge in [0.15, 0.2) is 0 Å². The van der Waals surface area contributed by atoms with Crippen LogP contribution in [0.15, 0.2) is 29.4 Å². The van der Waals surface area contributed by atoms with E-state index in [1.165, 1.54) is 12.1 Å². The van der Waals surface area contributed by atoms with Crippen LogP contribution in [0.3, 0.4) is 0 Å². The molecule has 1 saturated heterocycles. The number of aromatic nitrogens is 2. The van der Waals surface area contributed by atoms with Crippen molar-refractivity contribution in [3.63, 3.8) is 0 Å². The van der Waals surface area contributed by atoms with E-state index >= 15 is 0 Å². The maximum Gasteiger partial charge on any atom is 0.292 e. The van der Waals surface area contributed by atoms with Crippen molar-refractivity contribution in [1.29, 1.82) is 0 Å². The van der Waals surface area contributed by atoms with Gasteiger partial charge < -0.3 is 14.8 Å². The fourth-order valence-corrected chi connectivity index (χ4v) is 5.57. The van der Waals surface area contributed by atoms with Gasteiger partial charge in [0, 0.05) is 51.2 Å². The van der Waals surface area contributed by atoms with Gasteiger partial charge >= 0.3 is 0 Å². The average Bonchev–Trinajstić information content (AvgIpc) is 3.24. The Kier molecular flexibility index (Phi) is 8.86. The lowest BCUT2D eigenvalue weighted by Crippen LogP contribution is -2.50. The van der Waals surface area contributed by atoms with Gasteiger partial charge in [-0.2, -0.15) is 5.10 Å². The minimum absolute atomic E-state index is 0.0236. The lowest BCUT2D eigenvalue weighted by molar-refractivity contribution is -0.384. The van der Waals surface area contributed by atoms with Crippen LogP contribution >= 0.6 is 0 Å². The molecule has 11 nitrogen and oxygen atoms in total. The van der Waals surface area contributed by atoms with Crippen LogP contribution in [-0.2, 0) is 32.6 Å². The number of nitrogens with one attached hydrogen (secondary N) is 2. The quantitative estimate of drug-likeness (QED) is 0.329. The monoisotopic (exact) mass is 509 g/mol. The molecule has 2 aromatic rings. The van der Waals surface area contributed by atoms with Crippen molar-refractivity contribution in [2.24, 2.45) is 5.92 Å². The number of nitrogens with zero attached hydrogens (tertiary/aromatic N) is 3. The van der Waals surface area contributed by atoms with Crippen molar-refractivity contribution in [3.8, 4) is 0 Å². The van der Waals surface area contributed by atoms with E-state index in [9.17, 15) is 18.5 Å². The number of nitro benzene ring substituents is 1. The maximum absolute atomic E-state index is 13.2. The molecule has 1 aliphatic rings. The highest BCUT2D eigenvalue weighted by Crippen LogP contribution is 2.32. The Hall–Kier alpha value is -2.54. The zero-order valence-corrected chi connectivity index (χ0v) is 21.6. The minimum atomic E-state index is -3.97. The largest absolute Gasteiger partial charge is 0.382 e. The second-order valence-corrected chi connectivity index (χ2v) is 11.2. The molecule has 35 heavy (non-hydrogen) atoms. The molecule has 0 saturated carbocycles. The highest BCUT2D eigenvalue weighted by atomic mass is 32.2. The molecule has 1 atom stereocenters. The molecule has 2 heterocycles. The minimum Gasteiger partial charge on any atom is -0.382 e. The van der Waals surface area contributed by atoms with Crippen molar-refractivity contribution in [3.05, 3.63) is 45.8 Å². The van der Waals surface area contributed by atoms with Crippen molar-refractivity contribution in [1.82, 2.24) is 14.5 Å². The van der Waals surface area contributed by atoms with Crippen LogP contribution in [-0.4, -0.2) is 55.6 Å². The molecule has 1 unspecified atom stereocenters. The Bertz CT molecular complexity index is 1120. The molecule has 12 heteroatoms. The third kappa shape index (κ3) is 7.00. The van der Waals surface area contributed by atoms with Gasteiger partial charge in [-0.15, -0.1) is 0 Å². The molecule has 0 bridgehead atoms. The fourth-order valence-electron chi connectivity index (χ4n) is 4.21. The second-order valence-electron chi connectivity index (χ2n) is 9.46. The molecule has 194 valence electrons. The molecule has 1 aliphatic heterocycles. The summed E-state index contributed by atoms with van der Waals surface area (Å²) in [6, 6.07) is 2.60. The number of hydrogen-bond acceptors (Lipinski definition) is 8. The fraction of sp³-hybridized carbons (Fsp3) is 0.609. The second kappa shape index (κ2) is 11.5. The summed E-state index contributed by atoms with van der Waals surface area (Å²) < 4.78 is 42.1. The highest BCUT2D eigenvalue weighted by Gasteiger charge is 2.35. The van der Waals surface area contributed by atoms with Crippen LogP contribution in [0.2, 0.25) is 0 Å². The summed E-state index contributed by atoms with van der Waals surface area (Å²) in [7, 11) is -2.41. The molecule has 2 N–H and O–H groups in total. The first-order chi connectivity index (χ1) is 16.5. The number of sulfonamides is 1. The van der Waals surface area contributed by atoms with Gasteiger partial charge in [0.1, 0.15) is 11.3 Å².